The first-order valence-corrected chi connectivity index (χ1v) is 7.28. The summed E-state index contributed by atoms with van der Waals surface area (Å²) < 4.78 is 6.04. The van der Waals surface area contributed by atoms with Gasteiger partial charge in [0.1, 0.15) is 12.4 Å². The molecule has 0 aliphatic heterocycles. The molecule has 21 heavy (non-hydrogen) atoms. The Labute approximate surface area is 127 Å². The molecule has 3 heteroatoms. The van der Waals surface area contributed by atoms with E-state index in [1.54, 1.807) is 6.20 Å². The molecule has 3 nitrogen and oxygen atoms in total. The van der Waals surface area contributed by atoms with Crippen LogP contribution in [0.15, 0.2) is 36.5 Å². The van der Waals surface area contributed by atoms with E-state index in [9.17, 15) is 0 Å². The lowest BCUT2D eigenvalue weighted by molar-refractivity contribution is 0.297. The summed E-state index contributed by atoms with van der Waals surface area (Å²) in [7, 11) is 0. The summed E-state index contributed by atoms with van der Waals surface area (Å²) in [4.78, 5) is 4.20. The van der Waals surface area contributed by atoms with E-state index in [1.165, 1.54) is 11.1 Å². The quantitative estimate of drug-likeness (QED) is 0.930. The highest BCUT2D eigenvalue weighted by Gasteiger charge is 2.19. The third-order valence-electron chi connectivity index (χ3n) is 3.43. The van der Waals surface area contributed by atoms with E-state index < -0.39 is 0 Å². The van der Waals surface area contributed by atoms with Crippen LogP contribution in [0.1, 0.15) is 43.2 Å². The van der Waals surface area contributed by atoms with Crippen molar-refractivity contribution in [2.45, 2.75) is 46.3 Å². The molecule has 0 unspecified atom stereocenters. The number of nitrogens with two attached hydrogens (primary N) is 1. The van der Waals surface area contributed by atoms with E-state index in [4.69, 9.17) is 10.5 Å². The van der Waals surface area contributed by atoms with Crippen molar-refractivity contribution in [1.82, 2.24) is 4.98 Å². The van der Waals surface area contributed by atoms with Crippen LogP contribution in [0, 0.1) is 6.92 Å². The molecule has 1 aromatic heterocycles. The van der Waals surface area contributed by atoms with E-state index in [-0.39, 0.29) is 5.41 Å². The molecular formula is C18H24N2O. The van der Waals surface area contributed by atoms with Crippen molar-refractivity contribution in [2.24, 2.45) is 5.73 Å². The molecular weight excluding hydrogens is 260 g/mol. The molecule has 2 rings (SSSR count). The van der Waals surface area contributed by atoms with Gasteiger partial charge in [0.15, 0.2) is 0 Å². The Balaban J connectivity index is 2.20. The molecule has 1 heterocycles. The standard InChI is InChI=1S/C18H24N2O/c1-13-5-6-17(16(9-13)18(2,3)4)21-12-14-7-8-20-15(10-14)11-19/h5-10H,11-12,19H2,1-4H3. The number of benzene rings is 1. The number of nitrogens with zero attached hydrogens (tertiary/aromatic N) is 1. The number of rotatable bonds is 4. The molecule has 1 aromatic carbocycles. The predicted molar refractivity (Wildman–Crippen MR) is 86.3 cm³/mol. The van der Waals surface area contributed by atoms with Crippen LogP contribution in [-0.2, 0) is 18.6 Å². The van der Waals surface area contributed by atoms with Crippen LogP contribution in [0.25, 0.3) is 0 Å². The van der Waals surface area contributed by atoms with Gasteiger partial charge < -0.3 is 10.5 Å². The summed E-state index contributed by atoms with van der Waals surface area (Å²) in [6.45, 7) is 9.69. The number of pyridine rings is 1. The number of aromatic nitrogens is 1. The Bertz CT molecular complexity index is 615. The Kier molecular flexibility index (Phi) is 4.63. The van der Waals surface area contributed by atoms with Gasteiger partial charge in [0, 0.05) is 12.7 Å². The molecule has 2 aromatic rings. The highest BCUT2D eigenvalue weighted by molar-refractivity contribution is 5.41. The molecule has 0 atom stereocenters. The second-order valence-electron chi connectivity index (χ2n) is 6.40. The first-order chi connectivity index (χ1) is 9.90. The zero-order valence-corrected chi connectivity index (χ0v) is 13.3. The normalized spacial score (nSPS) is 11.5. The van der Waals surface area contributed by atoms with Crippen LogP contribution in [0.5, 0.6) is 5.75 Å². The van der Waals surface area contributed by atoms with Crippen LogP contribution in [0.3, 0.4) is 0 Å². The lowest BCUT2D eigenvalue weighted by Crippen LogP contribution is -2.14. The van der Waals surface area contributed by atoms with Crippen molar-refractivity contribution in [2.75, 3.05) is 0 Å². The smallest absolute Gasteiger partial charge is 0.123 e. The Morgan fingerprint density at radius 1 is 1.14 bits per heavy atom. The largest absolute Gasteiger partial charge is 0.489 e. The monoisotopic (exact) mass is 284 g/mol. The summed E-state index contributed by atoms with van der Waals surface area (Å²) in [6.07, 6.45) is 1.78. The Morgan fingerprint density at radius 3 is 2.57 bits per heavy atom. The van der Waals surface area contributed by atoms with Gasteiger partial charge in [-0.15, -0.1) is 0 Å². The number of aryl methyl sites for hydroxylation is 1. The topological polar surface area (TPSA) is 48.1 Å². The molecule has 0 saturated carbocycles. The molecule has 0 aliphatic carbocycles. The highest BCUT2D eigenvalue weighted by Crippen LogP contribution is 2.32. The molecule has 0 amide bonds. The van der Waals surface area contributed by atoms with Gasteiger partial charge in [0.05, 0.1) is 5.69 Å². The van der Waals surface area contributed by atoms with Crippen molar-refractivity contribution < 1.29 is 4.74 Å². The van der Waals surface area contributed by atoms with Crippen LogP contribution in [0.4, 0.5) is 0 Å². The zero-order chi connectivity index (χ0) is 15.5. The first-order valence-electron chi connectivity index (χ1n) is 7.28. The lowest BCUT2D eigenvalue weighted by atomic mass is 9.85. The summed E-state index contributed by atoms with van der Waals surface area (Å²) in [5.74, 6) is 0.944. The fourth-order valence-corrected chi connectivity index (χ4v) is 2.25. The van der Waals surface area contributed by atoms with Gasteiger partial charge in [-0.2, -0.15) is 0 Å². The third kappa shape index (κ3) is 4.05. The first kappa shape index (κ1) is 15.5. The van der Waals surface area contributed by atoms with Crippen molar-refractivity contribution in [3.63, 3.8) is 0 Å². The Morgan fingerprint density at radius 2 is 1.90 bits per heavy atom. The number of hydrogen-bond donors (Lipinski definition) is 1. The van der Waals surface area contributed by atoms with Gasteiger partial charge >= 0.3 is 0 Å². The van der Waals surface area contributed by atoms with Gasteiger partial charge in [0.2, 0.25) is 0 Å². The van der Waals surface area contributed by atoms with Gasteiger partial charge in [-0.25, -0.2) is 0 Å². The summed E-state index contributed by atoms with van der Waals surface area (Å²) in [5, 5.41) is 0. The fourth-order valence-electron chi connectivity index (χ4n) is 2.25. The second kappa shape index (κ2) is 6.27. The lowest BCUT2D eigenvalue weighted by Gasteiger charge is -2.23. The maximum atomic E-state index is 6.04. The zero-order valence-electron chi connectivity index (χ0n) is 13.3. The van der Waals surface area contributed by atoms with E-state index in [2.05, 4.69) is 50.9 Å². The van der Waals surface area contributed by atoms with Crippen molar-refractivity contribution in [3.05, 3.63) is 58.9 Å². The van der Waals surface area contributed by atoms with E-state index >= 15 is 0 Å². The minimum atomic E-state index is 0.0576. The number of hydrogen-bond acceptors (Lipinski definition) is 3. The van der Waals surface area contributed by atoms with Crippen LogP contribution in [0.2, 0.25) is 0 Å². The maximum absolute atomic E-state index is 6.04. The van der Waals surface area contributed by atoms with Crippen LogP contribution in [-0.4, -0.2) is 4.98 Å². The summed E-state index contributed by atoms with van der Waals surface area (Å²) in [6, 6.07) is 10.3. The van der Waals surface area contributed by atoms with Crippen molar-refractivity contribution in [1.29, 1.82) is 0 Å². The maximum Gasteiger partial charge on any atom is 0.123 e. The average molecular weight is 284 g/mol. The molecule has 0 radical (unpaired) electrons. The molecule has 0 aliphatic rings. The predicted octanol–water partition coefficient (Wildman–Crippen LogP) is 3.73. The van der Waals surface area contributed by atoms with Gasteiger partial charge in [0.25, 0.3) is 0 Å². The molecule has 112 valence electrons. The van der Waals surface area contributed by atoms with Crippen LogP contribution >= 0.6 is 0 Å². The molecule has 0 saturated heterocycles. The van der Waals surface area contributed by atoms with Gasteiger partial charge in [-0.3, -0.25) is 4.98 Å². The van der Waals surface area contributed by atoms with Crippen molar-refractivity contribution in [3.8, 4) is 5.75 Å². The average Bonchev–Trinajstić information content (AvgIpc) is 2.45. The second-order valence-corrected chi connectivity index (χ2v) is 6.40. The third-order valence-corrected chi connectivity index (χ3v) is 3.43. The Hall–Kier alpha value is -1.87. The minimum absolute atomic E-state index is 0.0576. The van der Waals surface area contributed by atoms with Gasteiger partial charge in [-0.05, 0) is 41.7 Å². The summed E-state index contributed by atoms with van der Waals surface area (Å²) in [5.41, 5.74) is 10.1. The van der Waals surface area contributed by atoms with E-state index in [0.717, 1.165) is 17.0 Å². The minimum Gasteiger partial charge on any atom is -0.489 e. The van der Waals surface area contributed by atoms with E-state index in [0.29, 0.717) is 13.2 Å². The molecule has 0 spiro atoms. The fraction of sp³-hybridized carbons (Fsp3) is 0.389. The van der Waals surface area contributed by atoms with Crippen molar-refractivity contribution >= 4 is 0 Å². The van der Waals surface area contributed by atoms with E-state index in [1.807, 2.05) is 12.1 Å². The number of ether oxygens (including phenoxy) is 1. The SMILES string of the molecule is Cc1ccc(OCc2ccnc(CN)c2)c(C(C)(C)C)c1. The molecule has 0 fully saturated rings. The highest BCUT2D eigenvalue weighted by atomic mass is 16.5. The van der Waals surface area contributed by atoms with Gasteiger partial charge in [-0.1, -0.05) is 38.5 Å². The van der Waals surface area contributed by atoms with Crippen LogP contribution < -0.4 is 10.5 Å². The molecule has 0 bridgehead atoms. The summed E-state index contributed by atoms with van der Waals surface area (Å²) >= 11 is 0. The molecule has 2 N–H and O–H groups in total.